The van der Waals surface area contributed by atoms with Crippen molar-refractivity contribution >= 4 is 5.69 Å². The highest BCUT2D eigenvalue weighted by Crippen LogP contribution is 2.28. The molecule has 0 bridgehead atoms. The van der Waals surface area contributed by atoms with Gasteiger partial charge in [0.1, 0.15) is 11.6 Å². The molecule has 1 aromatic heterocycles. The van der Waals surface area contributed by atoms with Gasteiger partial charge >= 0.3 is 6.61 Å². The van der Waals surface area contributed by atoms with Crippen LogP contribution >= 0.6 is 0 Å². The summed E-state index contributed by atoms with van der Waals surface area (Å²) >= 11 is 0. The van der Waals surface area contributed by atoms with Crippen LogP contribution in [0.25, 0.3) is 11.3 Å². The molecule has 0 aliphatic heterocycles. The molecule has 4 nitrogen and oxygen atoms in total. The van der Waals surface area contributed by atoms with Gasteiger partial charge in [-0.2, -0.15) is 13.9 Å². The molecule has 0 unspecified atom stereocenters. The molecule has 1 heterocycles. The zero-order chi connectivity index (χ0) is 12.4. The first-order valence-corrected chi connectivity index (χ1v) is 4.61. The van der Waals surface area contributed by atoms with E-state index in [1.54, 1.807) is 0 Å². The summed E-state index contributed by atoms with van der Waals surface area (Å²) in [6.07, 6.45) is 1.33. The van der Waals surface area contributed by atoms with Gasteiger partial charge in [0.05, 0.1) is 17.6 Å². The number of alkyl halides is 2. The van der Waals surface area contributed by atoms with Gasteiger partial charge in [-0.05, 0) is 12.1 Å². The number of nitrogens with one attached hydrogen (secondary N) is 1. The van der Waals surface area contributed by atoms with Gasteiger partial charge in [-0.1, -0.05) is 0 Å². The van der Waals surface area contributed by atoms with Gasteiger partial charge in [-0.15, -0.1) is 0 Å². The molecule has 0 aliphatic carbocycles. The third-order valence-corrected chi connectivity index (χ3v) is 2.10. The van der Waals surface area contributed by atoms with Gasteiger partial charge in [0.2, 0.25) is 0 Å². The number of hydrogen-bond acceptors (Lipinski definition) is 3. The van der Waals surface area contributed by atoms with E-state index >= 15 is 0 Å². The highest BCUT2D eigenvalue weighted by atomic mass is 19.3. The lowest BCUT2D eigenvalue weighted by molar-refractivity contribution is -0.0499. The third kappa shape index (κ3) is 2.32. The number of aromatic nitrogens is 2. The van der Waals surface area contributed by atoms with Crippen LogP contribution in [0.15, 0.2) is 24.4 Å². The maximum Gasteiger partial charge on any atom is 0.387 e. The van der Waals surface area contributed by atoms with E-state index in [0.29, 0.717) is 5.69 Å². The summed E-state index contributed by atoms with van der Waals surface area (Å²) in [7, 11) is 0. The Bertz CT molecular complexity index is 527. The largest absolute Gasteiger partial charge is 0.435 e. The molecule has 2 rings (SSSR count). The van der Waals surface area contributed by atoms with E-state index in [1.807, 2.05) is 0 Å². The first kappa shape index (κ1) is 11.3. The third-order valence-electron chi connectivity index (χ3n) is 2.10. The van der Waals surface area contributed by atoms with E-state index in [0.717, 1.165) is 6.07 Å². The van der Waals surface area contributed by atoms with Gasteiger partial charge in [0.15, 0.2) is 0 Å². The molecule has 0 aliphatic rings. The van der Waals surface area contributed by atoms with Crippen LogP contribution in [0.2, 0.25) is 0 Å². The maximum atomic E-state index is 13.6. The molecule has 0 atom stereocenters. The number of hydrogen-bond donors (Lipinski definition) is 2. The number of nitrogens with zero attached hydrogens (tertiary/aromatic N) is 1. The molecule has 0 saturated carbocycles. The molecule has 2 aromatic rings. The lowest BCUT2D eigenvalue weighted by Crippen LogP contribution is -2.02. The first-order valence-electron chi connectivity index (χ1n) is 4.61. The molecule has 0 spiro atoms. The minimum absolute atomic E-state index is 0.140. The van der Waals surface area contributed by atoms with Crippen molar-refractivity contribution in [2.75, 3.05) is 5.73 Å². The fraction of sp³-hybridized carbons (Fsp3) is 0.100. The molecular formula is C10H8F3N3O. The van der Waals surface area contributed by atoms with Crippen molar-refractivity contribution in [1.29, 1.82) is 0 Å². The van der Waals surface area contributed by atoms with E-state index in [4.69, 9.17) is 5.73 Å². The Morgan fingerprint density at radius 1 is 1.35 bits per heavy atom. The van der Waals surface area contributed by atoms with Crippen molar-refractivity contribution in [1.82, 2.24) is 10.2 Å². The second-order valence-corrected chi connectivity index (χ2v) is 3.22. The number of aromatic amines is 1. The zero-order valence-corrected chi connectivity index (χ0v) is 8.45. The van der Waals surface area contributed by atoms with Crippen LogP contribution in [-0.2, 0) is 0 Å². The summed E-state index contributed by atoms with van der Waals surface area (Å²) in [6.45, 7) is -2.99. The fourth-order valence-corrected chi connectivity index (χ4v) is 1.39. The summed E-state index contributed by atoms with van der Waals surface area (Å²) in [5.74, 6) is -0.974. The van der Waals surface area contributed by atoms with E-state index in [9.17, 15) is 13.2 Å². The highest BCUT2D eigenvalue weighted by molar-refractivity contribution is 5.72. The lowest BCUT2D eigenvalue weighted by atomic mass is 10.1. The van der Waals surface area contributed by atoms with Crippen LogP contribution in [-0.4, -0.2) is 16.8 Å². The van der Waals surface area contributed by atoms with Crippen molar-refractivity contribution in [3.63, 3.8) is 0 Å². The second-order valence-electron chi connectivity index (χ2n) is 3.22. The molecule has 0 saturated heterocycles. The van der Waals surface area contributed by atoms with Gasteiger partial charge < -0.3 is 10.5 Å². The normalized spacial score (nSPS) is 10.8. The maximum absolute atomic E-state index is 13.6. The van der Waals surface area contributed by atoms with Crippen LogP contribution < -0.4 is 10.5 Å². The van der Waals surface area contributed by atoms with Crippen LogP contribution in [0.1, 0.15) is 0 Å². The summed E-state index contributed by atoms with van der Waals surface area (Å²) < 4.78 is 41.5. The summed E-state index contributed by atoms with van der Waals surface area (Å²) in [5, 5.41) is 6.16. The van der Waals surface area contributed by atoms with Gasteiger partial charge in [-0.3, -0.25) is 5.10 Å². The topological polar surface area (TPSA) is 63.9 Å². The van der Waals surface area contributed by atoms with Crippen molar-refractivity contribution < 1.29 is 17.9 Å². The summed E-state index contributed by atoms with van der Waals surface area (Å²) in [6, 6.07) is 3.38. The quantitative estimate of drug-likeness (QED) is 0.869. The number of nitrogen functional groups attached to an aromatic ring is 1. The number of halogens is 3. The molecule has 0 fully saturated rings. The summed E-state index contributed by atoms with van der Waals surface area (Å²) in [4.78, 5) is 0. The lowest BCUT2D eigenvalue weighted by Gasteiger charge is -2.06. The Morgan fingerprint density at radius 3 is 2.65 bits per heavy atom. The molecule has 0 amide bonds. The zero-order valence-electron chi connectivity index (χ0n) is 8.45. The Morgan fingerprint density at radius 2 is 2.12 bits per heavy atom. The Hall–Kier alpha value is -2.18. The van der Waals surface area contributed by atoms with Gasteiger partial charge in [-0.25, -0.2) is 4.39 Å². The first-order chi connectivity index (χ1) is 8.08. The molecule has 0 radical (unpaired) electrons. The van der Waals surface area contributed by atoms with Crippen molar-refractivity contribution in [3.8, 4) is 17.0 Å². The molecule has 17 heavy (non-hydrogen) atoms. The van der Waals surface area contributed by atoms with Crippen LogP contribution in [0, 0.1) is 5.82 Å². The molecular weight excluding hydrogens is 235 g/mol. The number of anilines is 1. The fourth-order valence-electron chi connectivity index (χ4n) is 1.39. The van der Waals surface area contributed by atoms with Crippen molar-refractivity contribution in [2.24, 2.45) is 0 Å². The number of H-pyrrole nitrogens is 1. The molecule has 3 N–H and O–H groups in total. The summed E-state index contributed by atoms with van der Waals surface area (Å²) in [5.41, 5.74) is 6.26. The second kappa shape index (κ2) is 4.36. The van der Waals surface area contributed by atoms with Crippen LogP contribution in [0.3, 0.4) is 0 Å². The predicted octanol–water partition coefficient (Wildman–Crippen LogP) is 2.40. The van der Waals surface area contributed by atoms with Crippen molar-refractivity contribution in [2.45, 2.75) is 6.61 Å². The minimum Gasteiger partial charge on any atom is -0.435 e. The standard InChI is InChI=1S/C10H8F3N3O/c11-7-3-5(17-10(12)13)1-2-6(7)9-8(14)4-15-16-9/h1-4,10H,14H2,(H,15,16). The molecule has 90 valence electrons. The van der Waals surface area contributed by atoms with Crippen LogP contribution in [0.5, 0.6) is 5.75 Å². The van der Waals surface area contributed by atoms with Gasteiger partial charge in [0, 0.05) is 11.6 Å². The van der Waals surface area contributed by atoms with Gasteiger partial charge in [0.25, 0.3) is 0 Å². The molecule has 7 heteroatoms. The highest BCUT2D eigenvalue weighted by Gasteiger charge is 2.12. The smallest absolute Gasteiger partial charge is 0.387 e. The molecule has 1 aromatic carbocycles. The monoisotopic (exact) mass is 243 g/mol. The predicted molar refractivity (Wildman–Crippen MR) is 55.0 cm³/mol. The average molecular weight is 243 g/mol. The van der Waals surface area contributed by atoms with Crippen molar-refractivity contribution in [3.05, 3.63) is 30.2 Å². The Kier molecular flexibility index (Phi) is 2.90. The number of benzene rings is 1. The van der Waals surface area contributed by atoms with E-state index in [-0.39, 0.29) is 17.0 Å². The minimum atomic E-state index is -2.99. The van der Waals surface area contributed by atoms with Crippen LogP contribution in [0.4, 0.5) is 18.9 Å². The number of rotatable bonds is 3. The van der Waals surface area contributed by atoms with E-state index in [2.05, 4.69) is 14.9 Å². The SMILES string of the molecule is Nc1cn[nH]c1-c1ccc(OC(F)F)cc1F. The van der Waals surface area contributed by atoms with E-state index < -0.39 is 12.4 Å². The Labute approximate surface area is 94.2 Å². The van der Waals surface area contributed by atoms with E-state index in [1.165, 1.54) is 18.3 Å². The number of ether oxygens (including phenoxy) is 1. The number of nitrogens with two attached hydrogens (primary N) is 1. The average Bonchev–Trinajstić information content (AvgIpc) is 2.64. The Balaban J connectivity index is 2.35.